The van der Waals surface area contributed by atoms with E-state index in [9.17, 15) is 4.79 Å². The molecule has 1 amide bonds. The van der Waals surface area contributed by atoms with Gasteiger partial charge in [-0.3, -0.25) is 4.79 Å². The van der Waals surface area contributed by atoms with E-state index in [1.165, 1.54) is 0 Å². The SMILES string of the molecule is Cc1ncsc1CNC(=O)c1ccccc1CCN. The molecule has 1 aromatic carbocycles. The molecule has 0 radical (unpaired) electrons. The molecule has 0 spiro atoms. The van der Waals surface area contributed by atoms with Crippen molar-refractivity contribution in [3.8, 4) is 0 Å². The maximum atomic E-state index is 12.2. The van der Waals surface area contributed by atoms with Crippen molar-refractivity contribution in [1.29, 1.82) is 0 Å². The quantitative estimate of drug-likeness (QED) is 0.875. The van der Waals surface area contributed by atoms with Crippen molar-refractivity contribution in [3.63, 3.8) is 0 Å². The van der Waals surface area contributed by atoms with Gasteiger partial charge in [-0.05, 0) is 31.5 Å². The molecule has 4 nitrogen and oxygen atoms in total. The van der Waals surface area contributed by atoms with Crippen LogP contribution in [0.1, 0.15) is 26.5 Å². The summed E-state index contributed by atoms with van der Waals surface area (Å²) >= 11 is 1.56. The molecule has 1 aromatic heterocycles. The Labute approximate surface area is 116 Å². The van der Waals surface area contributed by atoms with Gasteiger partial charge in [0.05, 0.1) is 17.7 Å². The second-order valence-electron chi connectivity index (χ2n) is 4.24. The van der Waals surface area contributed by atoms with E-state index in [2.05, 4.69) is 10.3 Å². The van der Waals surface area contributed by atoms with Gasteiger partial charge in [0, 0.05) is 10.4 Å². The minimum absolute atomic E-state index is 0.0585. The molecular weight excluding hydrogens is 258 g/mol. The number of nitrogens with two attached hydrogens (primary N) is 1. The Balaban J connectivity index is 2.06. The number of nitrogens with zero attached hydrogens (tertiary/aromatic N) is 1. The summed E-state index contributed by atoms with van der Waals surface area (Å²) in [7, 11) is 0. The predicted octanol–water partition coefficient (Wildman–Crippen LogP) is 1.88. The molecule has 0 saturated heterocycles. The fourth-order valence-electron chi connectivity index (χ4n) is 1.87. The molecule has 0 aliphatic rings. The number of amides is 1. The van der Waals surface area contributed by atoms with Gasteiger partial charge in [0.25, 0.3) is 5.91 Å². The summed E-state index contributed by atoms with van der Waals surface area (Å²) in [6, 6.07) is 7.57. The summed E-state index contributed by atoms with van der Waals surface area (Å²) in [5.41, 5.74) is 10.0. The number of carbonyl (C=O) groups is 1. The van der Waals surface area contributed by atoms with Gasteiger partial charge in [0.15, 0.2) is 0 Å². The second-order valence-corrected chi connectivity index (χ2v) is 5.18. The number of aromatic nitrogens is 1. The lowest BCUT2D eigenvalue weighted by molar-refractivity contribution is 0.0950. The number of nitrogens with one attached hydrogen (secondary N) is 1. The van der Waals surface area contributed by atoms with Crippen molar-refractivity contribution < 1.29 is 4.79 Å². The second kappa shape index (κ2) is 6.45. The molecule has 0 atom stereocenters. The number of aryl methyl sites for hydroxylation is 1. The number of benzene rings is 1. The van der Waals surface area contributed by atoms with E-state index in [0.717, 1.165) is 16.1 Å². The first-order valence-electron chi connectivity index (χ1n) is 6.17. The molecule has 3 N–H and O–H groups in total. The van der Waals surface area contributed by atoms with Gasteiger partial charge in [-0.15, -0.1) is 11.3 Å². The van der Waals surface area contributed by atoms with Gasteiger partial charge in [0.1, 0.15) is 0 Å². The van der Waals surface area contributed by atoms with Crippen LogP contribution in [0.25, 0.3) is 0 Å². The highest BCUT2D eigenvalue weighted by atomic mass is 32.1. The van der Waals surface area contributed by atoms with Crippen LogP contribution in [-0.4, -0.2) is 17.4 Å². The van der Waals surface area contributed by atoms with Gasteiger partial charge >= 0.3 is 0 Å². The molecule has 5 heteroatoms. The van der Waals surface area contributed by atoms with Crippen LogP contribution in [0.3, 0.4) is 0 Å². The third-order valence-corrected chi connectivity index (χ3v) is 3.87. The van der Waals surface area contributed by atoms with E-state index in [0.29, 0.717) is 25.1 Å². The molecule has 1 heterocycles. The first kappa shape index (κ1) is 13.7. The lowest BCUT2D eigenvalue weighted by Crippen LogP contribution is -2.24. The van der Waals surface area contributed by atoms with E-state index in [-0.39, 0.29) is 5.91 Å². The fraction of sp³-hybridized carbons (Fsp3) is 0.286. The van der Waals surface area contributed by atoms with Crippen molar-refractivity contribution in [3.05, 3.63) is 51.5 Å². The highest BCUT2D eigenvalue weighted by Gasteiger charge is 2.11. The molecule has 2 rings (SSSR count). The van der Waals surface area contributed by atoms with Crippen molar-refractivity contribution in [2.75, 3.05) is 6.54 Å². The van der Waals surface area contributed by atoms with Gasteiger partial charge in [-0.2, -0.15) is 0 Å². The largest absolute Gasteiger partial charge is 0.347 e. The van der Waals surface area contributed by atoms with Crippen molar-refractivity contribution in [2.24, 2.45) is 5.73 Å². The molecule has 0 aliphatic carbocycles. The van der Waals surface area contributed by atoms with Crippen LogP contribution >= 0.6 is 11.3 Å². The summed E-state index contributed by atoms with van der Waals surface area (Å²) in [4.78, 5) is 17.4. The summed E-state index contributed by atoms with van der Waals surface area (Å²) in [5, 5.41) is 2.93. The van der Waals surface area contributed by atoms with Crippen LogP contribution in [0.5, 0.6) is 0 Å². The summed E-state index contributed by atoms with van der Waals surface area (Å²) in [6.45, 7) is 3.00. The smallest absolute Gasteiger partial charge is 0.251 e. The molecule has 0 fully saturated rings. The molecule has 0 unspecified atom stereocenters. The molecule has 19 heavy (non-hydrogen) atoms. The molecule has 0 saturated carbocycles. The lowest BCUT2D eigenvalue weighted by Gasteiger charge is -2.09. The van der Waals surface area contributed by atoms with Crippen LogP contribution in [-0.2, 0) is 13.0 Å². The molecule has 2 aromatic rings. The Morgan fingerprint density at radius 1 is 1.42 bits per heavy atom. The predicted molar refractivity (Wildman–Crippen MR) is 77.2 cm³/mol. The first-order chi connectivity index (χ1) is 9.22. The zero-order valence-corrected chi connectivity index (χ0v) is 11.7. The maximum Gasteiger partial charge on any atom is 0.251 e. The molecule has 0 bridgehead atoms. The minimum Gasteiger partial charge on any atom is -0.347 e. The highest BCUT2D eigenvalue weighted by molar-refractivity contribution is 7.09. The summed E-state index contributed by atoms with van der Waals surface area (Å²) in [6.07, 6.45) is 0.711. The minimum atomic E-state index is -0.0585. The van der Waals surface area contributed by atoms with Crippen molar-refractivity contribution >= 4 is 17.2 Å². The summed E-state index contributed by atoms with van der Waals surface area (Å²) < 4.78 is 0. The molecule has 100 valence electrons. The van der Waals surface area contributed by atoms with Crippen LogP contribution in [0.2, 0.25) is 0 Å². The lowest BCUT2D eigenvalue weighted by atomic mass is 10.0. The van der Waals surface area contributed by atoms with Crippen LogP contribution in [0.4, 0.5) is 0 Å². The van der Waals surface area contributed by atoms with Gasteiger partial charge in [0.2, 0.25) is 0 Å². The van der Waals surface area contributed by atoms with E-state index in [1.807, 2.05) is 31.2 Å². The zero-order valence-electron chi connectivity index (χ0n) is 10.8. The van der Waals surface area contributed by atoms with Crippen LogP contribution in [0.15, 0.2) is 29.8 Å². The Hall–Kier alpha value is -1.72. The van der Waals surface area contributed by atoms with Gasteiger partial charge in [-0.1, -0.05) is 18.2 Å². The number of thiazole rings is 1. The van der Waals surface area contributed by atoms with E-state index in [1.54, 1.807) is 16.8 Å². The van der Waals surface area contributed by atoms with Gasteiger partial charge < -0.3 is 11.1 Å². The summed E-state index contributed by atoms with van der Waals surface area (Å²) in [5.74, 6) is -0.0585. The molecule has 0 aliphatic heterocycles. The Morgan fingerprint density at radius 2 is 2.21 bits per heavy atom. The third-order valence-electron chi connectivity index (χ3n) is 2.93. The fourth-order valence-corrected chi connectivity index (χ4v) is 2.58. The Bertz CT molecular complexity index is 565. The maximum absolute atomic E-state index is 12.2. The number of carbonyl (C=O) groups excluding carboxylic acids is 1. The Kier molecular flexibility index (Phi) is 4.65. The van der Waals surface area contributed by atoms with Crippen LogP contribution in [0, 0.1) is 6.92 Å². The number of hydrogen-bond acceptors (Lipinski definition) is 4. The zero-order chi connectivity index (χ0) is 13.7. The average Bonchev–Trinajstić information content (AvgIpc) is 2.82. The first-order valence-corrected chi connectivity index (χ1v) is 7.05. The normalized spacial score (nSPS) is 10.4. The topological polar surface area (TPSA) is 68.0 Å². The van der Waals surface area contributed by atoms with E-state index >= 15 is 0 Å². The van der Waals surface area contributed by atoms with E-state index in [4.69, 9.17) is 5.73 Å². The van der Waals surface area contributed by atoms with Crippen molar-refractivity contribution in [2.45, 2.75) is 19.9 Å². The van der Waals surface area contributed by atoms with Crippen LogP contribution < -0.4 is 11.1 Å². The van der Waals surface area contributed by atoms with Crippen molar-refractivity contribution in [1.82, 2.24) is 10.3 Å². The number of rotatable bonds is 5. The number of hydrogen-bond donors (Lipinski definition) is 2. The average molecular weight is 275 g/mol. The highest BCUT2D eigenvalue weighted by Crippen LogP contribution is 2.13. The van der Waals surface area contributed by atoms with Gasteiger partial charge in [-0.25, -0.2) is 4.98 Å². The Morgan fingerprint density at radius 3 is 2.89 bits per heavy atom. The third kappa shape index (κ3) is 3.39. The monoisotopic (exact) mass is 275 g/mol. The molecular formula is C14H17N3OS. The standard InChI is InChI=1S/C14H17N3OS/c1-10-13(19-9-17-10)8-16-14(18)12-5-3-2-4-11(12)6-7-15/h2-5,9H,6-8,15H2,1H3,(H,16,18). The van der Waals surface area contributed by atoms with E-state index < -0.39 is 0 Å².